The molecule has 0 saturated carbocycles. The van der Waals surface area contributed by atoms with Crippen molar-refractivity contribution in [2.75, 3.05) is 25.0 Å². The van der Waals surface area contributed by atoms with E-state index in [4.69, 9.17) is 4.74 Å². The van der Waals surface area contributed by atoms with E-state index in [0.717, 1.165) is 16.0 Å². The van der Waals surface area contributed by atoms with Crippen molar-refractivity contribution < 1.29 is 18.3 Å². The molecule has 1 amide bonds. The van der Waals surface area contributed by atoms with Crippen molar-refractivity contribution in [3.8, 4) is 0 Å². The van der Waals surface area contributed by atoms with Gasteiger partial charge in [-0.15, -0.1) is 0 Å². The lowest BCUT2D eigenvalue weighted by Crippen LogP contribution is -2.53. The van der Waals surface area contributed by atoms with Gasteiger partial charge in [-0.25, -0.2) is 23.5 Å². The molecular formula is C20H22F2N4O2. The summed E-state index contributed by atoms with van der Waals surface area (Å²) in [5.74, 6) is -3.57. The van der Waals surface area contributed by atoms with Crippen molar-refractivity contribution in [2.24, 2.45) is 5.92 Å². The molecule has 2 heterocycles. The quantitative estimate of drug-likeness (QED) is 0.872. The molecule has 0 unspecified atom stereocenters. The number of halogens is 2. The van der Waals surface area contributed by atoms with Crippen LogP contribution in [0.1, 0.15) is 17.5 Å². The van der Waals surface area contributed by atoms with E-state index in [1.165, 1.54) is 0 Å². The van der Waals surface area contributed by atoms with E-state index < -0.39 is 24.5 Å². The molecule has 28 heavy (non-hydrogen) atoms. The Bertz CT molecular complexity index is 809. The highest BCUT2D eigenvalue weighted by Gasteiger charge is 2.46. The van der Waals surface area contributed by atoms with Gasteiger partial charge in [0.25, 0.3) is 5.92 Å². The zero-order valence-electron chi connectivity index (χ0n) is 15.4. The number of benzene rings is 1. The third kappa shape index (κ3) is 4.05. The first-order valence-electron chi connectivity index (χ1n) is 9.42. The molecule has 8 heteroatoms. The van der Waals surface area contributed by atoms with Crippen molar-refractivity contribution in [1.29, 1.82) is 0 Å². The van der Waals surface area contributed by atoms with Crippen LogP contribution in [0.2, 0.25) is 0 Å². The van der Waals surface area contributed by atoms with Crippen LogP contribution in [0.3, 0.4) is 0 Å². The molecule has 148 valence electrons. The molecule has 2 aromatic rings. The summed E-state index contributed by atoms with van der Waals surface area (Å²) in [4.78, 5) is 21.5. The third-order valence-electron chi connectivity index (χ3n) is 5.36. The maximum atomic E-state index is 14.6. The maximum absolute atomic E-state index is 14.6. The number of hydrogen-bond acceptors (Lipinski definition) is 5. The maximum Gasteiger partial charge on any atom is 0.410 e. The second-order valence-corrected chi connectivity index (χ2v) is 7.30. The van der Waals surface area contributed by atoms with E-state index in [9.17, 15) is 13.6 Å². The summed E-state index contributed by atoms with van der Waals surface area (Å²) >= 11 is 0. The van der Waals surface area contributed by atoms with Gasteiger partial charge in [0.1, 0.15) is 6.10 Å². The summed E-state index contributed by atoms with van der Waals surface area (Å²) in [6.45, 7) is -0.332. The zero-order chi connectivity index (χ0) is 19.6. The molecule has 1 fully saturated rings. The average molecular weight is 388 g/mol. The molecule has 1 atom stereocenters. The Morgan fingerprint density at radius 2 is 1.86 bits per heavy atom. The number of carbonyl (C=O) groups excluding carboxylic acids is 1. The number of nitrogens with one attached hydrogen (secondary N) is 1. The predicted molar refractivity (Wildman–Crippen MR) is 99.3 cm³/mol. The number of hydrogen-bond donors (Lipinski definition) is 1. The van der Waals surface area contributed by atoms with Crippen LogP contribution in [0.25, 0.3) is 0 Å². The first kappa shape index (κ1) is 18.6. The number of ether oxygens (including phenoxy) is 1. The van der Waals surface area contributed by atoms with Crippen LogP contribution in [-0.2, 0) is 17.6 Å². The third-order valence-corrected chi connectivity index (χ3v) is 5.36. The molecule has 0 radical (unpaired) electrons. The number of likely N-dealkylation sites (tertiary alicyclic amines) is 1. The minimum absolute atomic E-state index is 0.0534. The number of carbonyl (C=O) groups is 1. The summed E-state index contributed by atoms with van der Waals surface area (Å²) in [6.07, 6.45) is 3.61. The van der Waals surface area contributed by atoms with Crippen LogP contribution in [0.4, 0.5) is 19.5 Å². The van der Waals surface area contributed by atoms with Crippen molar-refractivity contribution >= 4 is 12.0 Å². The van der Waals surface area contributed by atoms with Crippen LogP contribution < -0.4 is 5.32 Å². The van der Waals surface area contributed by atoms with Crippen molar-refractivity contribution in [1.82, 2.24) is 14.9 Å². The molecule has 1 aromatic heterocycles. The van der Waals surface area contributed by atoms with E-state index in [2.05, 4.69) is 15.3 Å². The van der Waals surface area contributed by atoms with Crippen LogP contribution >= 0.6 is 0 Å². The van der Waals surface area contributed by atoms with Gasteiger partial charge in [-0.05, 0) is 23.6 Å². The predicted octanol–water partition coefficient (Wildman–Crippen LogP) is 3.15. The summed E-state index contributed by atoms with van der Waals surface area (Å²) in [6, 6.07) is 9.57. The number of fused-ring (bicyclic) bond motifs is 1. The van der Waals surface area contributed by atoms with Gasteiger partial charge in [-0.1, -0.05) is 24.3 Å². The lowest BCUT2D eigenvalue weighted by molar-refractivity contribution is -0.103. The van der Waals surface area contributed by atoms with Crippen molar-refractivity contribution in [2.45, 2.75) is 31.3 Å². The molecule has 1 aromatic carbocycles. The number of alkyl halides is 2. The monoisotopic (exact) mass is 388 g/mol. The standard InChI is InChI=1S/C20H22F2N4O2/c21-20(22)13-26(9-6-16(20)12-25-18-23-7-3-8-24-18)19(27)28-17-10-14-4-1-2-5-15(14)11-17/h1-5,7-8,16-17H,6,9-13H2,(H,23,24,25)/t16-/m1/s1. The number of amides is 1. The Morgan fingerprint density at radius 3 is 2.50 bits per heavy atom. The molecule has 1 N–H and O–H groups in total. The van der Waals surface area contributed by atoms with Crippen LogP contribution in [0.15, 0.2) is 42.7 Å². The van der Waals surface area contributed by atoms with Crippen molar-refractivity contribution in [3.63, 3.8) is 0 Å². The van der Waals surface area contributed by atoms with Gasteiger partial charge >= 0.3 is 6.09 Å². The van der Waals surface area contributed by atoms with Gasteiger partial charge in [-0.3, -0.25) is 0 Å². The Morgan fingerprint density at radius 1 is 1.18 bits per heavy atom. The van der Waals surface area contributed by atoms with Crippen LogP contribution in [-0.4, -0.2) is 52.6 Å². The van der Waals surface area contributed by atoms with Crippen molar-refractivity contribution in [3.05, 3.63) is 53.9 Å². The van der Waals surface area contributed by atoms with Gasteiger partial charge < -0.3 is 15.0 Å². The molecule has 1 aliphatic carbocycles. The largest absolute Gasteiger partial charge is 0.445 e. The highest BCUT2D eigenvalue weighted by molar-refractivity contribution is 5.68. The van der Waals surface area contributed by atoms with E-state index >= 15 is 0 Å². The van der Waals surface area contributed by atoms with E-state index in [-0.39, 0.29) is 25.6 Å². The Balaban J connectivity index is 1.30. The van der Waals surface area contributed by atoms with E-state index in [1.54, 1.807) is 18.5 Å². The van der Waals surface area contributed by atoms with Gasteiger partial charge in [0.2, 0.25) is 5.95 Å². The molecule has 2 aliphatic rings. The smallest absolute Gasteiger partial charge is 0.410 e. The number of nitrogens with zero attached hydrogens (tertiary/aromatic N) is 3. The summed E-state index contributed by atoms with van der Waals surface area (Å²) in [7, 11) is 0. The molecule has 6 nitrogen and oxygen atoms in total. The zero-order valence-corrected chi connectivity index (χ0v) is 15.4. The first-order valence-corrected chi connectivity index (χ1v) is 9.42. The minimum Gasteiger partial charge on any atom is -0.445 e. The molecule has 0 spiro atoms. The van der Waals surface area contributed by atoms with Gasteiger partial charge in [0.15, 0.2) is 0 Å². The lowest BCUT2D eigenvalue weighted by atomic mass is 9.93. The van der Waals surface area contributed by atoms with Gasteiger partial charge in [-0.2, -0.15) is 0 Å². The second kappa shape index (κ2) is 7.69. The fourth-order valence-corrected chi connectivity index (χ4v) is 3.82. The molecule has 1 aliphatic heterocycles. The molecule has 4 rings (SSSR count). The Hall–Kier alpha value is -2.77. The van der Waals surface area contributed by atoms with E-state index in [0.29, 0.717) is 18.8 Å². The fraction of sp³-hybridized carbons (Fsp3) is 0.450. The van der Waals surface area contributed by atoms with Crippen LogP contribution in [0.5, 0.6) is 0 Å². The molecule has 0 bridgehead atoms. The van der Waals surface area contributed by atoms with Gasteiger partial charge in [0.05, 0.1) is 6.54 Å². The Kier molecular flexibility index (Phi) is 5.11. The van der Waals surface area contributed by atoms with Crippen LogP contribution in [0, 0.1) is 5.92 Å². The minimum atomic E-state index is -3.00. The number of rotatable bonds is 4. The SMILES string of the molecule is O=C(OC1Cc2ccccc2C1)N1CC[C@H](CNc2ncccn2)C(F)(F)C1. The average Bonchev–Trinajstić information content (AvgIpc) is 3.09. The number of aromatic nitrogens is 2. The fourth-order valence-electron chi connectivity index (χ4n) is 3.82. The Labute approximate surface area is 161 Å². The molecular weight excluding hydrogens is 366 g/mol. The number of anilines is 1. The highest BCUT2D eigenvalue weighted by Crippen LogP contribution is 2.34. The summed E-state index contributed by atoms with van der Waals surface area (Å²) in [5, 5.41) is 2.85. The lowest BCUT2D eigenvalue weighted by Gasteiger charge is -2.38. The topological polar surface area (TPSA) is 67.3 Å². The normalized spacial score (nSPS) is 21.2. The number of piperidine rings is 1. The summed E-state index contributed by atoms with van der Waals surface area (Å²) < 4.78 is 34.7. The second-order valence-electron chi connectivity index (χ2n) is 7.30. The van der Waals surface area contributed by atoms with E-state index in [1.807, 2.05) is 24.3 Å². The highest BCUT2D eigenvalue weighted by atomic mass is 19.3. The molecule has 1 saturated heterocycles. The summed E-state index contributed by atoms with van der Waals surface area (Å²) in [5.41, 5.74) is 2.30. The van der Waals surface area contributed by atoms with Gasteiger partial charge in [0, 0.05) is 44.2 Å². The first-order chi connectivity index (χ1) is 13.5.